The van der Waals surface area contributed by atoms with Gasteiger partial charge in [0, 0.05) is 36.2 Å². The number of carbonyl (C=O) groups excluding carboxylic acids is 1. The van der Waals surface area contributed by atoms with Gasteiger partial charge in [0.25, 0.3) is 5.91 Å². The summed E-state index contributed by atoms with van der Waals surface area (Å²) >= 11 is 0. The topological polar surface area (TPSA) is 45.2 Å². The predicted octanol–water partition coefficient (Wildman–Crippen LogP) is 4.20. The van der Waals surface area contributed by atoms with Crippen LogP contribution in [0.5, 0.6) is 0 Å². The quantitative estimate of drug-likeness (QED) is 0.889. The Morgan fingerprint density at radius 3 is 2.29 bits per heavy atom. The highest BCUT2D eigenvalue weighted by atomic mass is 19.4. The number of rotatable bonds is 5. The first kappa shape index (κ1) is 17.8. The molecule has 2 aromatic rings. The van der Waals surface area contributed by atoms with Gasteiger partial charge < -0.3 is 10.2 Å². The van der Waals surface area contributed by atoms with Crippen molar-refractivity contribution < 1.29 is 18.0 Å². The number of carbonyl (C=O) groups is 1. The third-order valence-electron chi connectivity index (χ3n) is 3.57. The minimum absolute atomic E-state index is 0.0925. The third kappa shape index (κ3) is 4.24. The predicted molar refractivity (Wildman–Crippen MR) is 87.2 cm³/mol. The van der Waals surface area contributed by atoms with E-state index >= 15 is 0 Å². The first-order chi connectivity index (χ1) is 11.3. The lowest BCUT2D eigenvalue weighted by molar-refractivity contribution is -0.141. The van der Waals surface area contributed by atoms with Crippen molar-refractivity contribution in [3.8, 4) is 0 Å². The smallest absolute Gasteiger partial charge is 0.372 e. The number of alkyl halides is 3. The van der Waals surface area contributed by atoms with Crippen LogP contribution in [-0.2, 0) is 6.18 Å². The van der Waals surface area contributed by atoms with Crippen molar-refractivity contribution in [2.45, 2.75) is 20.0 Å². The molecule has 0 bridgehead atoms. The van der Waals surface area contributed by atoms with Crippen molar-refractivity contribution in [1.29, 1.82) is 0 Å². The van der Waals surface area contributed by atoms with Crippen LogP contribution >= 0.6 is 0 Å². The molecule has 7 heteroatoms. The number of aromatic nitrogens is 1. The lowest BCUT2D eigenvalue weighted by Crippen LogP contribution is -2.21. The molecule has 128 valence electrons. The van der Waals surface area contributed by atoms with Crippen molar-refractivity contribution in [2.75, 3.05) is 23.3 Å². The van der Waals surface area contributed by atoms with Crippen LogP contribution in [0.3, 0.4) is 0 Å². The molecule has 0 unspecified atom stereocenters. The largest absolute Gasteiger partial charge is 0.433 e. The van der Waals surface area contributed by atoms with Crippen molar-refractivity contribution in [3.63, 3.8) is 0 Å². The zero-order valence-electron chi connectivity index (χ0n) is 13.4. The summed E-state index contributed by atoms with van der Waals surface area (Å²) in [5.74, 6) is -0.613. The van der Waals surface area contributed by atoms with Crippen molar-refractivity contribution in [3.05, 3.63) is 53.9 Å². The summed E-state index contributed by atoms with van der Waals surface area (Å²) < 4.78 is 37.9. The number of nitrogens with one attached hydrogen (secondary N) is 1. The van der Waals surface area contributed by atoms with Crippen molar-refractivity contribution >= 4 is 17.3 Å². The van der Waals surface area contributed by atoms with Crippen LogP contribution in [0, 0.1) is 0 Å². The second kappa shape index (κ2) is 7.33. The highest BCUT2D eigenvalue weighted by Gasteiger charge is 2.32. The van der Waals surface area contributed by atoms with Gasteiger partial charge in [-0.2, -0.15) is 13.2 Å². The number of benzene rings is 1. The molecule has 0 fully saturated rings. The Morgan fingerprint density at radius 1 is 1.12 bits per heavy atom. The fraction of sp³-hybridized carbons (Fsp3) is 0.294. The maximum atomic E-state index is 12.6. The van der Waals surface area contributed by atoms with E-state index in [-0.39, 0.29) is 5.56 Å². The van der Waals surface area contributed by atoms with Gasteiger partial charge in [0.05, 0.1) is 0 Å². The Labute approximate surface area is 138 Å². The van der Waals surface area contributed by atoms with Crippen molar-refractivity contribution in [1.82, 2.24) is 4.98 Å². The maximum Gasteiger partial charge on any atom is 0.433 e. The van der Waals surface area contributed by atoms with Gasteiger partial charge in [-0.1, -0.05) is 0 Å². The van der Waals surface area contributed by atoms with E-state index in [0.717, 1.165) is 31.0 Å². The number of anilines is 2. The SMILES string of the molecule is CCN(CC)c1ccc(NC(=O)c2ccnc(C(F)(F)F)c2)cc1. The van der Waals surface area contributed by atoms with Crippen LogP contribution in [0.2, 0.25) is 0 Å². The highest BCUT2D eigenvalue weighted by Crippen LogP contribution is 2.28. The molecule has 24 heavy (non-hydrogen) atoms. The lowest BCUT2D eigenvalue weighted by atomic mass is 10.2. The van der Waals surface area contributed by atoms with E-state index in [1.165, 1.54) is 6.07 Å². The van der Waals surface area contributed by atoms with Gasteiger partial charge in [-0.15, -0.1) is 0 Å². The van der Waals surface area contributed by atoms with Gasteiger partial charge >= 0.3 is 6.18 Å². The number of hydrogen-bond acceptors (Lipinski definition) is 3. The first-order valence-corrected chi connectivity index (χ1v) is 7.54. The second-order valence-corrected chi connectivity index (χ2v) is 5.10. The molecule has 1 heterocycles. The van der Waals surface area contributed by atoms with E-state index < -0.39 is 17.8 Å². The molecule has 4 nitrogen and oxygen atoms in total. The summed E-state index contributed by atoms with van der Waals surface area (Å²) in [4.78, 5) is 17.5. The Hall–Kier alpha value is -2.57. The minimum Gasteiger partial charge on any atom is -0.372 e. The highest BCUT2D eigenvalue weighted by molar-refractivity contribution is 6.04. The number of hydrogen-bond donors (Lipinski definition) is 1. The Bertz CT molecular complexity index is 695. The zero-order chi connectivity index (χ0) is 17.7. The lowest BCUT2D eigenvalue weighted by Gasteiger charge is -2.21. The van der Waals surface area contributed by atoms with Crippen molar-refractivity contribution in [2.24, 2.45) is 0 Å². The average molecular weight is 337 g/mol. The second-order valence-electron chi connectivity index (χ2n) is 5.10. The molecule has 1 N–H and O–H groups in total. The van der Waals surface area contributed by atoms with Gasteiger partial charge in [0.1, 0.15) is 5.69 Å². The van der Waals surface area contributed by atoms with E-state index in [1.807, 2.05) is 26.0 Å². The zero-order valence-corrected chi connectivity index (χ0v) is 13.4. The number of amides is 1. The fourth-order valence-electron chi connectivity index (χ4n) is 2.27. The minimum atomic E-state index is -4.58. The molecule has 0 aliphatic heterocycles. The molecule has 0 aliphatic carbocycles. The average Bonchev–Trinajstić information content (AvgIpc) is 2.57. The van der Waals surface area contributed by atoms with Crippen LogP contribution in [-0.4, -0.2) is 24.0 Å². The van der Waals surface area contributed by atoms with Gasteiger partial charge in [-0.25, -0.2) is 0 Å². The first-order valence-electron chi connectivity index (χ1n) is 7.54. The van der Waals surface area contributed by atoms with Crippen LogP contribution in [0.4, 0.5) is 24.5 Å². The van der Waals surface area contributed by atoms with Gasteiger partial charge in [0.2, 0.25) is 0 Å². The van der Waals surface area contributed by atoms with Crippen LogP contribution < -0.4 is 10.2 Å². The molecule has 0 atom stereocenters. The monoisotopic (exact) mass is 337 g/mol. The molecule has 0 radical (unpaired) electrons. The van der Waals surface area contributed by atoms with Crippen LogP contribution in [0.15, 0.2) is 42.6 Å². The summed E-state index contributed by atoms with van der Waals surface area (Å²) in [5.41, 5.74) is 0.347. The summed E-state index contributed by atoms with van der Waals surface area (Å²) in [6.07, 6.45) is -3.61. The molecule has 0 saturated carbocycles. The molecule has 2 rings (SSSR count). The van der Waals surface area contributed by atoms with Gasteiger partial charge in [0.15, 0.2) is 0 Å². The van der Waals surface area contributed by atoms with E-state index in [1.54, 1.807) is 12.1 Å². The normalized spacial score (nSPS) is 11.2. The van der Waals surface area contributed by atoms with Crippen LogP contribution in [0.25, 0.3) is 0 Å². The fourth-order valence-corrected chi connectivity index (χ4v) is 2.27. The third-order valence-corrected chi connectivity index (χ3v) is 3.57. The summed E-state index contributed by atoms with van der Waals surface area (Å²) in [5, 5.41) is 2.59. The molecular weight excluding hydrogens is 319 g/mol. The van der Waals surface area contributed by atoms with E-state index in [2.05, 4.69) is 15.2 Å². The molecule has 0 spiro atoms. The molecule has 1 aromatic heterocycles. The van der Waals surface area contributed by atoms with Gasteiger partial charge in [-0.05, 0) is 50.2 Å². The summed E-state index contributed by atoms with van der Waals surface area (Å²) in [7, 11) is 0. The Morgan fingerprint density at radius 2 is 1.75 bits per heavy atom. The maximum absolute atomic E-state index is 12.6. The Kier molecular flexibility index (Phi) is 5.43. The Balaban J connectivity index is 2.12. The molecule has 1 aromatic carbocycles. The van der Waals surface area contributed by atoms with Crippen LogP contribution in [0.1, 0.15) is 29.9 Å². The number of nitrogens with zero attached hydrogens (tertiary/aromatic N) is 2. The molecule has 0 aliphatic rings. The molecular formula is C17H18F3N3O. The summed E-state index contributed by atoms with van der Waals surface area (Å²) in [6, 6.07) is 9.13. The van der Waals surface area contributed by atoms with Gasteiger partial charge in [-0.3, -0.25) is 9.78 Å². The molecule has 0 saturated heterocycles. The van der Waals surface area contributed by atoms with E-state index in [9.17, 15) is 18.0 Å². The number of halogens is 3. The molecule has 1 amide bonds. The van der Waals surface area contributed by atoms with E-state index in [0.29, 0.717) is 5.69 Å². The van der Waals surface area contributed by atoms with E-state index in [4.69, 9.17) is 0 Å². The standard InChI is InChI=1S/C17H18F3N3O/c1-3-23(4-2)14-7-5-13(6-8-14)22-16(24)12-9-10-21-15(11-12)17(18,19)20/h5-11H,3-4H2,1-2H3,(H,22,24). The number of pyridine rings is 1. The summed E-state index contributed by atoms with van der Waals surface area (Å²) in [6.45, 7) is 5.81.